The van der Waals surface area contributed by atoms with Crippen LogP contribution in [0, 0.1) is 0 Å². The number of hydrogen-bond donors (Lipinski definition) is 1. The molecular formula is C9H9N3OS. The fourth-order valence-corrected chi connectivity index (χ4v) is 1.69. The lowest BCUT2D eigenvalue weighted by atomic mass is 10.4. The molecule has 2 aromatic heterocycles. The Labute approximate surface area is 85.2 Å². The van der Waals surface area contributed by atoms with E-state index in [4.69, 9.17) is 0 Å². The van der Waals surface area contributed by atoms with E-state index in [0.717, 1.165) is 0 Å². The third kappa shape index (κ3) is 1.82. The van der Waals surface area contributed by atoms with E-state index in [1.165, 1.54) is 11.3 Å². The molecule has 0 aliphatic rings. The molecule has 0 saturated carbocycles. The number of amides is 1. The number of nitrogens with zero attached hydrogens (tertiary/aromatic N) is 2. The molecule has 0 unspecified atom stereocenters. The number of anilines is 1. The van der Waals surface area contributed by atoms with Crippen molar-refractivity contribution in [2.75, 3.05) is 5.32 Å². The summed E-state index contributed by atoms with van der Waals surface area (Å²) in [4.78, 5) is 12.2. The van der Waals surface area contributed by atoms with Gasteiger partial charge in [0.05, 0.1) is 4.88 Å². The molecular weight excluding hydrogens is 198 g/mol. The van der Waals surface area contributed by atoms with Gasteiger partial charge in [-0.15, -0.1) is 11.3 Å². The second-order valence-electron chi connectivity index (χ2n) is 2.81. The van der Waals surface area contributed by atoms with Crippen molar-refractivity contribution < 1.29 is 4.79 Å². The zero-order valence-electron chi connectivity index (χ0n) is 7.60. The van der Waals surface area contributed by atoms with Crippen molar-refractivity contribution in [3.8, 4) is 0 Å². The molecule has 0 saturated heterocycles. The first kappa shape index (κ1) is 8.96. The number of carbonyl (C=O) groups excluding carboxylic acids is 1. The molecule has 2 rings (SSSR count). The topological polar surface area (TPSA) is 46.9 Å². The summed E-state index contributed by atoms with van der Waals surface area (Å²) in [5.74, 6) is 0.463. The lowest BCUT2D eigenvalue weighted by Crippen LogP contribution is -2.10. The van der Waals surface area contributed by atoms with Gasteiger partial charge in [-0.1, -0.05) is 6.07 Å². The standard InChI is InChI=1S/C9H9N3OS/c1-12-5-4-8(11-12)10-9(13)7-3-2-6-14-7/h2-6H,1H3,(H,10,11,13). The van der Waals surface area contributed by atoms with Crippen molar-refractivity contribution in [2.45, 2.75) is 0 Å². The van der Waals surface area contributed by atoms with Crippen LogP contribution in [0.1, 0.15) is 9.67 Å². The number of aromatic nitrogens is 2. The van der Waals surface area contributed by atoms with Crippen LogP contribution in [0.4, 0.5) is 5.82 Å². The molecule has 0 bridgehead atoms. The van der Waals surface area contributed by atoms with Crippen LogP contribution in [-0.4, -0.2) is 15.7 Å². The fourth-order valence-electron chi connectivity index (χ4n) is 1.07. The van der Waals surface area contributed by atoms with Crippen LogP contribution in [0.5, 0.6) is 0 Å². The molecule has 0 atom stereocenters. The summed E-state index contributed by atoms with van der Waals surface area (Å²) in [6.07, 6.45) is 1.78. The fraction of sp³-hybridized carbons (Fsp3) is 0.111. The van der Waals surface area contributed by atoms with E-state index in [1.807, 2.05) is 11.4 Å². The summed E-state index contributed by atoms with van der Waals surface area (Å²) in [6.45, 7) is 0. The highest BCUT2D eigenvalue weighted by Gasteiger charge is 2.07. The molecule has 0 spiro atoms. The van der Waals surface area contributed by atoms with Crippen molar-refractivity contribution in [2.24, 2.45) is 7.05 Å². The number of thiophene rings is 1. The SMILES string of the molecule is Cn1ccc(NC(=O)c2cccs2)n1. The van der Waals surface area contributed by atoms with Crippen LogP contribution in [0.3, 0.4) is 0 Å². The number of nitrogens with one attached hydrogen (secondary N) is 1. The van der Waals surface area contributed by atoms with Crippen molar-refractivity contribution in [1.82, 2.24) is 9.78 Å². The molecule has 2 heterocycles. The monoisotopic (exact) mass is 207 g/mol. The predicted octanol–water partition coefficient (Wildman–Crippen LogP) is 1.73. The molecule has 1 amide bonds. The van der Waals surface area contributed by atoms with Gasteiger partial charge in [-0.25, -0.2) is 0 Å². The van der Waals surface area contributed by atoms with Gasteiger partial charge < -0.3 is 5.32 Å². The van der Waals surface area contributed by atoms with E-state index in [0.29, 0.717) is 10.7 Å². The highest BCUT2D eigenvalue weighted by Crippen LogP contribution is 2.11. The van der Waals surface area contributed by atoms with Crippen molar-refractivity contribution >= 4 is 23.1 Å². The van der Waals surface area contributed by atoms with E-state index >= 15 is 0 Å². The number of hydrogen-bond acceptors (Lipinski definition) is 3. The summed E-state index contributed by atoms with van der Waals surface area (Å²) < 4.78 is 1.64. The maximum absolute atomic E-state index is 11.5. The van der Waals surface area contributed by atoms with Crippen LogP contribution < -0.4 is 5.32 Å². The Hall–Kier alpha value is -1.62. The normalized spacial score (nSPS) is 10.1. The number of rotatable bonds is 2. The first-order valence-electron chi connectivity index (χ1n) is 4.10. The Balaban J connectivity index is 2.09. The molecule has 5 heteroatoms. The van der Waals surface area contributed by atoms with E-state index in [1.54, 1.807) is 30.1 Å². The molecule has 2 aromatic rings. The molecule has 0 aromatic carbocycles. The number of carbonyl (C=O) groups is 1. The van der Waals surface area contributed by atoms with Crippen LogP contribution >= 0.6 is 11.3 Å². The Morgan fingerprint density at radius 3 is 3.00 bits per heavy atom. The highest BCUT2D eigenvalue weighted by molar-refractivity contribution is 7.12. The van der Waals surface area contributed by atoms with Crippen molar-refractivity contribution in [3.63, 3.8) is 0 Å². The van der Waals surface area contributed by atoms with Gasteiger partial charge in [0.15, 0.2) is 5.82 Å². The van der Waals surface area contributed by atoms with E-state index in [-0.39, 0.29) is 5.91 Å². The van der Waals surface area contributed by atoms with Crippen LogP contribution in [0.25, 0.3) is 0 Å². The van der Waals surface area contributed by atoms with Crippen LogP contribution in [0.2, 0.25) is 0 Å². The molecule has 0 radical (unpaired) electrons. The Morgan fingerprint density at radius 2 is 2.43 bits per heavy atom. The van der Waals surface area contributed by atoms with E-state index < -0.39 is 0 Å². The van der Waals surface area contributed by atoms with Gasteiger partial charge in [0.2, 0.25) is 0 Å². The molecule has 0 aliphatic heterocycles. The minimum Gasteiger partial charge on any atom is -0.304 e. The maximum Gasteiger partial charge on any atom is 0.266 e. The Kier molecular flexibility index (Phi) is 2.32. The third-order valence-electron chi connectivity index (χ3n) is 1.70. The minimum atomic E-state index is -0.112. The average molecular weight is 207 g/mol. The van der Waals surface area contributed by atoms with Crippen molar-refractivity contribution in [1.29, 1.82) is 0 Å². The molecule has 4 nitrogen and oxygen atoms in total. The Bertz CT molecular complexity index is 433. The summed E-state index contributed by atoms with van der Waals surface area (Å²) in [5, 5.41) is 8.62. The van der Waals surface area contributed by atoms with Gasteiger partial charge in [-0.2, -0.15) is 5.10 Å². The second-order valence-corrected chi connectivity index (χ2v) is 3.75. The molecule has 14 heavy (non-hydrogen) atoms. The first-order valence-corrected chi connectivity index (χ1v) is 4.98. The minimum absolute atomic E-state index is 0.112. The van der Waals surface area contributed by atoms with Gasteiger partial charge in [-0.05, 0) is 11.4 Å². The molecule has 1 N–H and O–H groups in total. The largest absolute Gasteiger partial charge is 0.304 e. The summed E-state index contributed by atoms with van der Waals surface area (Å²) in [5.41, 5.74) is 0. The quantitative estimate of drug-likeness (QED) is 0.815. The van der Waals surface area contributed by atoms with Crippen LogP contribution in [-0.2, 0) is 7.05 Å². The highest BCUT2D eigenvalue weighted by atomic mass is 32.1. The zero-order valence-corrected chi connectivity index (χ0v) is 8.41. The molecule has 0 fully saturated rings. The smallest absolute Gasteiger partial charge is 0.266 e. The van der Waals surface area contributed by atoms with Gasteiger partial charge in [0.1, 0.15) is 0 Å². The molecule has 72 valence electrons. The third-order valence-corrected chi connectivity index (χ3v) is 2.57. The summed E-state index contributed by atoms with van der Waals surface area (Å²) in [6, 6.07) is 5.38. The molecule has 0 aliphatic carbocycles. The zero-order chi connectivity index (χ0) is 9.97. The lowest BCUT2D eigenvalue weighted by molar-refractivity contribution is 0.103. The second kappa shape index (κ2) is 3.63. The van der Waals surface area contributed by atoms with Gasteiger partial charge in [-0.3, -0.25) is 9.48 Å². The summed E-state index contributed by atoms with van der Waals surface area (Å²) >= 11 is 1.41. The summed E-state index contributed by atoms with van der Waals surface area (Å²) in [7, 11) is 1.81. The first-order chi connectivity index (χ1) is 6.75. The average Bonchev–Trinajstić information content (AvgIpc) is 2.75. The van der Waals surface area contributed by atoms with E-state index in [9.17, 15) is 4.79 Å². The maximum atomic E-state index is 11.5. The van der Waals surface area contributed by atoms with Crippen LogP contribution in [0.15, 0.2) is 29.8 Å². The Morgan fingerprint density at radius 1 is 1.57 bits per heavy atom. The lowest BCUT2D eigenvalue weighted by Gasteiger charge is -1.97. The van der Waals surface area contributed by atoms with E-state index in [2.05, 4.69) is 10.4 Å². The van der Waals surface area contributed by atoms with Gasteiger partial charge in [0.25, 0.3) is 5.91 Å². The van der Waals surface area contributed by atoms with Gasteiger partial charge >= 0.3 is 0 Å². The van der Waals surface area contributed by atoms with Crippen molar-refractivity contribution in [3.05, 3.63) is 34.7 Å². The predicted molar refractivity (Wildman–Crippen MR) is 55.5 cm³/mol. The number of aryl methyl sites for hydroxylation is 1. The van der Waals surface area contributed by atoms with Gasteiger partial charge in [0, 0.05) is 19.3 Å².